The number of aryl methyl sites for hydroxylation is 1. The lowest BCUT2D eigenvalue weighted by Crippen LogP contribution is -2.42. The molecule has 2 aromatic rings. The smallest absolute Gasteiger partial charge is 0.191 e. The average molecular weight is 516 g/mol. The Hall–Kier alpha value is -1.75. The van der Waals surface area contributed by atoms with E-state index in [0.717, 1.165) is 43.0 Å². The molecule has 1 fully saturated rings. The number of methoxy groups -OCH3 is 1. The van der Waals surface area contributed by atoms with Gasteiger partial charge in [-0.1, -0.05) is 18.2 Å². The Balaban J connectivity index is 0.00000300. The molecule has 0 bridgehead atoms. The van der Waals surface area contributed by atoms with E-state index in [1.165, 1.54) is 6.07 Å². The second kappa shape index (κ2) is 10.9. The van der Waals surface area contributed by atoms with Crippen molar-refractivity contribution in [3.05, 3.63) is 47.3 Å². The van der Waals surface area contributed by atoms with E-state index < -0.39 is 0 Å². The monoisotopic (exact) mass is 516 g/mol. The molecular formula is C20H30FIN6O. The highest BCUT2D eigenvalue weighted by Crippen LogP contribution is 2.48. The number of ether oxygens (including phenoxy) is 1. The molecule has 1 aromatic heterocycles. The van der Waals surface area contributed by atoms with Crippen molar-refractivity contribution in [1.29, 1.82) is 0 Å². The first-order valence-corrected chi connectivity index (χ1v) is 9.67. The molecule has 0 radical (unpaired) electrons. The number of nitrogens with zero attached hydrogens (tertiary/aromatic N) is 4. The quantitative estimate of drug-likeness (QED) is 0.232. The van der Waals surface area contributed by atoms with Crippen LogP contribution in [0.15, 0.2) is 29.3 Å². The van der Waals surface area contributed by atoms with Crippen molar-refractivity contribution >= 4 is 29.9 Å². The highest BCUT2D eigenvalue weighted by Gasteiger charge is 2.45. The average Bonchev–Trinajstić information content (AvgIpc) is 3.42. The van der Waals surface area contributed by atoms with E-state index in [0.29, 0.717) is 25.7 Å². The molecule has 9 heteroatoms. The molecule has 0 spiro atoms. The highest BCUT2D eigenvalue weighted by atomic mass is 127. The molecule has 29 heavy (non-hydrogen) atoms. The maximum atomic E-state index is 14.2. The van der Waals surface area contributed by atoms with Crippen LogP contribution in [0.1, 0.15) is 36.5 Å². The summed E-state index contributed by atoms with van der Waals surface area (Å²) in [6, 6.07) is 7.04. The molecule has 1 saturated carbocycles. The van der Waals surface area contributed by atoms with Crippen LogP contribution < -0.4 is 10.6 Å². The van der Waals surface area contributed by atoms with Gasteiger partial charge in [0.05, 0.1) is 0 Å². The molecule has 3 rings (SSSR count). The van der Waals surface area contributed by atoms with Crippen LogP contribution in [0.4, 0.5) is 4.39 Å². The summed E-state index contributed by atoms with van der Waals surface area (Å²) in [7, 11) is 3.62. The van der Waals surface area contributed by atoms with E-state index in [1.807, 2.05) is 30.7 Å². The zero-order valence-corrected chi connectivity index (χ0v) is 19.6. The Labute approximate surface area is 188 Å². The third kappa shape index (κ3) is 6.11. The number of guanidine groups is 1. The summed E-state index contributed by atoms with van der Waals surface area (Å²) < 4.78 is 21.3. The molecule has 0 saturated heterocycles. The number of rotatable bonds is 9. The van der Waals surface area contributed by atoms with Crippen molar-refractivity contribution in [1.82, 2.24) is 25.4 Å². The lowest BCUT2D eigenvalue weighted by molar-refractivity contribution is 0.195. The van der Waals surface area contributed by atoms with Crippen LogP contribution in [0.25, 0.3) is 0 Å². The molecule has 0 amide bonds. The molecule has 0 atom stereocenters. The van der Waals surface area contributed by atoms with Crippen LogP contribution in [-0.4, -0.2) is 47.5 Å². The lowest BCUT2D eigenvalue weighted by Gasteiger charge is -2.20. The number of aromatic nitrogens is 3. The molecule has 1 aromatic carbocycles. The largest absolute Gasteiger partial charge is 0.385 e. The fourth-order valence-corrected chi connectivity index (χ4v) is 3.17. The number of benzene rings is 1. The van der Waals surface area contributed by atoms with Crippen molar-refractivity contribution < 1.29 is 9.13 Å². The van der Waals surface area contributed by atoms with Crippen molar-refractivity contribution in [2.24, 2.45) is 12.0 Å². The summed E-state index contributed by atoms with van der Waals surface area (Å²) in [5.74, 6) is 2.21. The molecule has 1 aliphatic carbocycles. The maximum Gasteiger partial charge on any atom is 0.191 e. The topological polar surface area (TPSA) is 76.4 Å². The van der Waals surface area contributed by atoms with Crippen LogP contribution in [-0.2, 0) is 23.7 Å². The highest BCUT2D eigenvalue weighted by molar-refractivity contribution is 14.0. The SMILES string of the molecule is COCCCNC(=NCc1nnc(C)n1C)NCC1(c2ccccc2F)CC1.I. The number of hydrogen-bond donors (Lipinski definition) is 2. The van der Waals surface area contributed by atoms with Gasteiger partial charge in [0, 0.05) is 39.3 Å². The van der Waals surface area contributed by atoms with Gasteiger partial charge in [0.25, 0.3) is 0 Å². The van der Waals surface area contributed by atoms with E-state index in [4.69, 9.17) is 4.74 Å². The van der Waals surface area contributed by atoms with Gasteiger partial charge in [0.2, 0.25) is 0 Å². The van der Waals surface area contributed by atoms with Crippen molar-refractivity contribution in [3.63, 3.8) is 0 Å². The summed E-state index contributed by atoms with van der Waals surface area (Å²) in [4.78, 5) is 4.65. The Morgan fingerprint density at radius 1 is 1.28 bits per heavy atom. The second-order valence-corrected chi connectivity index (χ2v) is 7.27. The molecule has 1 heterocycles. The van der Waals surface area contributed by atoms with E-state index in [9.17, 15) is 4.39 Å². The predicted molar refractivity (Wildman–Crippen MR) is 122 cm³/mol. The predicted octanol–water partition coefficient (Wildman–Crippen LogP) is 2.68. The first-order chi connectivity index (χ1) is 13.6. The zero-order valence-electron chi connectivity index (χ0n) is 17.2. The molecule has 2 N–H and O–H groups in total. The van der Waals surface area contributed by atoms with Crippen LogP contribution in [0.2, 0.25) is 0 Å². The normalized spacial score (nSPS) is 15.0. The van der Waals surface area contributed by atoms with E-state index >= 15 is 0 Å². The zero-order chi connectivity index (χ0) is 20.0. The van der Waals surface area contributed by atoms with E-state index in [2.05, 4.69) is 25.8 Å². The van der Waals surface area contributed by atoms with E-state index in [1.54, 1.807) is 13.2 Å². The maximum absolute atomic E-state index is 14.2. The third-order valence-electron chi connectivity index (χ3n) is 5.27. The van der Waals surface area contributed by atoms with Crippen LogP contribution in [0.5, 0.6) is 0 Å². The summed E-state index contributed by atoms with van der Waals surface area (Å²) >= 11 is 0. The van der Waals surface area contributed by atoms with Gasteiger partial charge in [-0.25, -0.2) is 9.38 Å². The Bertz CT molecular complexity index is 821. The Kier molecular flexibility index (Phi) is 8.81. The Morgan fingerprint density at radius 3 is 2.66 bits per heavy atom. The molecular weight excluding hydrogens is 486 g/mol. The van der Waals surface area contributed by atoms with E-state index in [-0.39, 0.29) is 35.2 Å². The minimum absolute atomic E-state index is 0. The van der Waals surface area contributed by atoms with Gasteiger partial charge < -0.3 is 19.9 Å². The lowest BCUT2D eigenvalue weighted by atomic mass is 9.95. The van der Waals surface area contributed by atoms with Gasteiger partial charge >= 0.3 is 0 Å². The van der Waals surface area contributed by atoms with Gasteiger partial charge in [-0.15, -0.1) is 34.2 Å². The first kappa shape index (κ1) is 23.5. The first-order valence-electron chi connectivity index (χ1n) is 9.67. The number of aliphatic imine (C=N–C) groups is 1. The number of halogens is 2. The summed E-state index contributed by atoms with van der Waals surface area (Å²) in [5.41, 5.74) is 0.631. The minimum atomic E-state index is -0.151. The Morgan fingerprint density at radius 2 is 2.03 bits per heavy atom. The van der Waals surface area contributed by atoms with Gasteiger partial charge in [-0.3, -0.25) is 0 Å². The molecule has 0 aliphatic heterocycles. The van der Waals surface area contributed by atoms with Crippen LogP contribution >= 0.6 is 24.0 Å². The molecule has 160 valence electrons. The summed E-state index contributed by atoms with van der Waals surface area (Å²) in [6.45, 7) is 4.39. The van der Waals surface area contributed by atoms with Gasteiger partial charge in [0.15, 0.2) is 11.8 Å². The fourth-order valence-electron chi connectivity index (χ4n) is 3.17. The molecule has 7 nitrogen and oxygen atoms in total. The summed E-state index contributed by atoms with van der Waals surface area (Å²) in [5, 5.41) is 14.9. The van der Waals surface area contributed by atoms with Crippen LogP contribution in [0.3, 0.4) is 0 Å². The molecule has 0 unspecified atom stereocenters. The summed E-state index contributed by atoms with van der Waals surface area (Å²) in [6.07, 6.45) is 2.82. The second-order valence-electron chi connectivity index (χ2n) is 7.27. The van der Waals surface area contributed by atoms with Gasteiger partial charge in [0.1, 0.15) is 18.2 Å². The standard InChI is InChI=1S/C20H29FN6O.HI/c1-15-25-26-18(27(15)2)13-23-19(22-11-6-12-28-3)24-14-20(9-10-20)16-7-4-5-8-17(16)21;/h4-5,7-8H,6,9-14H2,1-3H3,(H2,22,23,24);1H. The number of nitrogens with one attached hydrogen (secondary N) is 2. The van der Waals surface area contributed by atoms with Crippen LogP contribution in [0, 0.1) is 12.7 Å². The van der Waals surface area contributed by atoms with Crippen molar-refractivity contribution in [3.8, 4) is 0 Å². The van der Waals surface area contributed by atoms with Crippen molar-refractivity contribution in [2.75, 3.05) is 26.8 Å². The van der Waals surface area contributed by atoms with Gasteiger partial charge in [-0.05, 0) is 37.8 Å². The van der Waals surface area contributed by atoms with Gasteiger partial charge in [-0.2, -0.15) is 0 Å². The third-order valence-corrected chi connectivity index (χ3v) is 5.27. The minimum Gasteiger partial charge on any atom is -0.385 e. The van der Waals surface area contributed by atoms with Crippen molar-refractivity contribution in [2.45, 2.75) is 38.1 Å². The fraction of sp³-hybridized carbons (Fsp3) is 0.550. The molecule has 1 aliphatic rings. The number of hydrogen-bond acceptors (Lipinski definition) is 4.